The van der Waals surface area contributed by atoms with Gasteiger partial charge in [0.1, 0.15) is 5.82 Å². The minimum absolute atomic E-state index is 0.212. The smallest absolute Gasteiger partial charge is 0.250 e. The highest BCUT2D eigenvalue weighted by Crippen LogP contribution is 2.28. The molecule has 0 spiro atoms. The van der Waals surface area contributed by atoms with Crippen LogP contribution in [0.1, 0.15) is 5.56 Å². The highest BCUT2D eigenvalue weighted by atomic mass is 32.2. The molecule has 1 aromatic carbocycles. The lowest BCUT2D eigenvalue weighted by Crippen LogP contribution is -2.19. The van der Waals surface area contributed by atoms with E-state index in [0.717, 1.165) is 11.8 Å². The molecule has 0 unspecified atom stereocenters. The average molecular weight is 467 g/mol. The van der Waals surface area contributed by atoms with Crippen LogP contribution in [0.5, 0.6) is 11.5 Å². The van der Waals surface area contributed by atoms with E-state index < -0.39 is 9.84 Å². The number of aromatic nitrogens is 4. The van der Waals surface area contributed by atoms with Crippen LogP contribution in [0.4, 0.5) is 0 Å². The fraction of sp³-hybridized carbons (Fsp3) is 0.174. The second kappa shape index (κ2) is 8.91. The zero-order chi connectivity index (χ0) is 23.6. The monoisotopic (exact) mass is 466 g/mol. The molecule has 0 saturated carbocycles. The van der Waals surface area contributed by atoms with Crippen molar-refractivity contribution in [3.63, 3.8) is 0 Å². The number of rotatable bonds is 7. The summed E-state index contributed by atoms with van der Waals surface area (Å²) in [7, 11) is -0.556. The molecule has 0 aliphatic heterocycles. The molecule has 0 fully saturated rings. The first-order valence-electron chi connectivity index (χ1n) is 9.93. The van der Waals surface area contributed by atoms with Crippen molar-refractivity contribution in [1.82, 2.24) is 19.1 Å². The summed E-state index contributed by atoms with van der Waals surface area (Å²) in [5, 5.41) is -0.290. The minimum atomic E-state index is -3.66. The largest absolute Gasteiger partial charge is 0.493 e. The summed E-state index contributed by atoms with van der Waals surface area (Å²) in [4.78, 5) is 21.0. The summed E-state index contributed by atoms with van der Waals surface area (Å²) in [6.45, 7) is 0.279. The Balaban J connectivity index is 1.78. The van der Waals surface area contributed by atoms with E-state index in [2.05, 4.69) is 9.97 Å². The Kier molecular flexibility index (Phi) is 6.01. The van der Waals surface area contributed by atoms with Crippen LogP contribution in [0.15, 0.2) is 77.1 Å². The first kappa shape index (κ1) is 22.3. The van der Waals surface area contributed by atoms with Crippen LogP contribution >= 0.6 is 0 Å². The molecular formula is C23H22N4O5S. The van der Waals surface area contributed by atoms with Crippen LogP contribution in [0, 0.1) is 0 Å². The van der Waals surface area contributed by atoms with Gasteiger partial charge in [-0.15, -0.1) is 0 Å². The van der Waals surface area contributed by atoms with E-state index in [1.165, 1.54) is 10.6 Å². The van der Waals surface area contributed by atoms with E-state index in [4.69, 9.17) is 9.47 Å². The molecule has 0 N–H and O–H groups in total. The average Bonchev–Trinajstić information content (AvgIpc) is 3.34. The minimum Gasteiger partial charge on any atom is -0.493 e. The quantitative estimate of drug-likeness (QED) is 0.386. The van der Waals surface area contributed by atoms with Crippen molar-refractivity contribution in [2.24, 2.45) is 0 Å². The predicted octanol–water partition coefficient (Wildman–Crippen LogP) is 2.57. The highest BCUT2D eigenvalue weighted by molar-refractivity contribution is 7.90. The van der Waals surface area contributed by atoms with Gasteiger partial charge in [-0.1, -0.05) is 6.07 Å². The molecule has 0 radical (unpaired) electrons. The first-order valence-corrected chi connectivity index (χ1v) is 11.8. The third kappa shape index (κ3) is 4.80. The Hall–Kier alpha value is -3.92. The first-order chi connectivity index (χ1) is 15.8. The van der Waals surface area contributed by atoms with Crippen LogP contribution in [0.25, 0.3) is 17.1 Å². The van der Waals surface area contributed by atoms with Crippen molar-refractivity contribution in [2.75, 3.05) is 20.5 Å². The van der Waals surface area contributed by atoms with Crippen LogP contribution < -0.4 is 15.0 Å². The number of methoxy groups -OCH3 is 2. The number of hydrogen-bond acceptors (Lipinski definition) is 7. The number of sulfone groups is 1. The second-order valence-corrected chi connectivity index (χ2v) is 9.24. The molecule has 3 aromatic heterocycles. The van der Waals surface area contributed by atoms with Crippen molar-refractivity contribution in [3.05, 3.63) is 83.0 Å². The molecule has 0 saturated heterocycles. The van der Waals surface area contributed by atoms with Crippen LogP contribution in [0.3, 0.4) is 0 Å². The maximum atomic E-state index is 12.5. The molecule has 9 nitrogen and oxygen atoms in total. The lowest BCUT2D eigenvalue weighted by molar-refractivity contribution is 0.354. The summed E-state index contributed by atoms with van der Waals surface area (Å²) in [5.74, 6) is 1.56. The lowest BCUT2D eigenvalue weighted by atomic mass is 10.1. The number of benzene rings is 1. The van der Waals surface area contributed by atoms with Crippen molar-refractivity contribution in [2.45, 2.75) is 11.7 Å². The normalized spacial score (nSPS) is 11.4. The highest BCUT2D eigenvalue weighted by Gasteiger charge is 2.16. The van der Waals surface area contributed by atoms with Gasteiger partial charge in [0, 0.05) is 42.5 Å². The maximum absolute atomic E-state index is 12.5. The van der Waals surface area contributed by atoms with Gasteiger partial charge in [-0.25, -0.2) is 18.4 Å². The predicted molar refractivity (Wildman–Crippen MR) is 123 cm³/mol. The van der Waals surface area contributed by atoms with Gasteiger partial charge >= 0.3 is 0 Å². The van der Waals surface area contributed by atoms with E-state index >= 15 is 0 Å². The van der Waals surface area contributed by atoms with Gasteiger partial charge in [-0.05, 0) is 35.9 Å². The third-order valence-corrected chi connectivity index (χ3v) is 5.82. The maximum Gasteiger partial charge on any atom is 0.250 e. The number of pyridine rings is 1. The van der Waals surface area contributed by atoms with Crippen molar-refractivity contribution in [1.29, 1.82) is 0 Å². The van der Waals surface area contributed by atoms with Crippen LogP contribution in [-0.4, -0.2) is 48.0 Å². The van der Waals surface area contributed by atoms with Crippen molar-refractivity contribution in [3.8, 4) is 28.6 Å². The molecule has 4 rings (SSSR count). The fourth-order valence-electron chi connectivity index (χ4n) is 3.33. The Labute approximate surface area is 190 Å². The Morgan fingerprint density at radius 3 is 2.33 bits per heavy atom. The van der Waals surface area contributed by atoms with E-state index in [0.29, 0.717) is 28.6 Å². The Bertz CT molecular complexity index is 1460. The van der Waals surface area contributed by atoms with Crippen molar-refractivity contribution < 1.29 is 17.9 Å². The molecule has 4 aromatic rings. The fourth-order valence-corrected chi connectivity index (χ4v) is 3.85. The van der Waals surface area contributed by atoms with Crippen LogP contribution in [-0.2, 0) is 16.4 Å². The van der Waals surface area contributed by atoms with Gasteiger partial charge in [0.05, 0.1) is 26.5 Å². The third-order valence-electron chi connectivity index (χ3n) is 4.97. The molecule has 0 amide bonds. The van der Waals surface area contributed by atoms with Gasteiger partial charge in [0.15, 0.2) is 11.5 Å². The number of hydrogen-bond donors (Lipinski definition) is 0. The standard InChI is InChI=1S/C23H22N4O5S/c1-31-19-8-6-16(12-20(19)32-2)14-27-15-17(7-9-22(27)28)18-13-21(26-10-4-5-11-26)25-23(24-18)33(3,29)30/h4-13,15H,14H2,1-3H3. The topological polar surface area (TPSA) is 105 Å². The van der Waals surface area contributed by atoms with Gasteiger partial charge in [-0.3, -0.25) is 4.79 Å². The summed E-state index contributed by atoms with van der Waals surface area (Å²) < 4.78 is 38.2. The lowest BCUT2D eigenvalue weighted by Gasteiger charge is -2.12. The van der Waals surface area contributed by atoms with Gasteiger partial charge in [0.2, 0.25) is 15.0 Å². The van der Waals surface area contributed by atoms with Crippen LogP contribution in [0.2, 0.25) is 0 Å². The van der Waals surface area contributed by atoms with E-state index in [-0.39, 0.29) is 17.3 Å². The SMILES string of the molecule is COc1ccc(Cn2cc(-c3cc(-n4cccc4)nc(S(C)(=O)=O)n3)ccc2=O)cc1OC. The van der Waals surface area contributed by atoms with Crippen molar-refractivity contribution >= 4 is 9.84 Å². The molecular weight excluding hydrogens is 444 g/mol. The zero-order valence-electron chi connectivity index (χ0n) is 18.3. The molecule has 0 aliphatic rings. The Morgan fingerprint density at radius 1 is 0.939 bits per heavy atom. The molecule has 33 heavy (non-hydrogen) atoms. The van der Waals surface area contributed by atoms with Gasteiger partial charge < -0.3 is 18.6 Å². The Morgan fingerprint density at radius 2 is 1.67 bits per heavy atom. The second-order valence-electron chi connectivity index (χ2n) is 7.33. The van der Waals surface area contributed by atoms with E-state index in [9.17, 15) is 13.2 Å². The molecule has 0 aliphatic carbocycles. The van der Waals surface area contributed by atoms with Gasteiger partial charge in [-0.2, -0.15) is 0 Å². The summed E-state index contributed by atoms with van der Waals surface area (Å²) in [6, 6.07) is 13.8. The number of nitrogens with zero attached hydrogens (tertiary/aromatic N) is 4. The summed E-state index contributed by atoms with van der Waals surface area (Å²) in [5.41, 5.74) is 1.59. The summed E-state index contributed by atoms with van der Waals surface area (Å²) in [6.07, 6.45) is 6.22. The van der Waals surface area contributed by atoms with E-state index in [1.54, 1.807) is 61.6 Å². The van der Waals surface area contributed by atoms with Gasteiger partial charge in [0.25, 0.3) is 5.56 Å². The molecule has 10 heteroatoms. The molecule has 0 atom stereocenters. The molecule has 0 bridgehead atoms. The van der Waals surface area contributed by atoms with E-state index in [1.807, 2.05) is 18.2 Å². The summed E-state index contributed by atoms with van der Waals surface area (Å²) >= 11 is 0. The molecule has 3 heterocycles. The molecule has 170 valence electrons. The number of ether oxygens (including phenoxy) is 2. The zero-order valence-corrected chi connectivity index (χ0v) is 19.1.